The van der Waals surface area contributed by atoms with Gasteiger partial charge in [-0.05, 0) is 6.07 Å². The SMILES string of the molecule is CC(=O)Oc1ccc([N+](=O)[O-])cc1C(=O)O.[Zn]. The van der Waals surface area contributed by atoms with E-state index in [0.29, 0.717) is 0 Å². The number of carbonyl (C=O) groups is 2. The van der Waals surface area contributed by atoms with Crippen LogP contribution in [-0.4, -0.2) is 22.0 Å². The van der Waals surface area contributed by atoms with Crippen LogP contribution in [0.1, 0.15) is 17.3 Å². The van der Waals surface area contributed by atoms with Crippen molar-refractivity contribution in [3.63, 3.8) is 0 Å². The summed E-state index contributed by atoms with van der Waals surface area (Å²) in [7, 11) is 0. The van der Waals surface area contributed by atoms with Crippen molar-refractivity contribution < 1.29 is 43.8 Å². The first kappa shape index (κ1) is 15.2. The van der Waals surface area contributed by atoms with Crippen LogP contribution in [0, 0.1) is 10.1 Å². The third-order valence-electron chi connectivity index (χ3n) is 1.66. The Morgan fingerprint density at radius 2 is 2.00 bits per heavy atom. The van der Waals surface area contributed by atoms with E-state index >= 15 is 0 Å². The molecule has 0 amide bonds. The van der Waals surface area contributed by atoms with Crippen LogP contribution >= 0.6 is 0 Å². The van der Waals surface area contributed by atoms with Crippen molar-refractivity contribution in [1.29, 1.82) is 0 Å². The average molecular weight is 291 g/mol. The summed E-state index contributed by atoms with van der Waals surface area (Å²) in [6, 6.07) is 2.97. The summed E-state index contributed by atoms with van der Waals surface area (Å²) in [5.41, 5.74) is -0.808. The maximum Gasteiger partial charge on any atom is 0.339 e. The molecule has 7 nitrogen and oxygen atoms in total. The van der Waals surface area contributed by atoms with Crippen LogP contribution in [0.2, 0.25) is 0 Å². The first-order valence-electron chi connectivity index (χ1n) is 4.12. The van der Waals surface area contributed by atoms with Crippen molar-refractivity contribution in [2.24, 2.45) is 0 Å². The zero-order valence-electron chi connectivity index (χ0n) is 8.87. The largest absolute Gasteiger partial charge is 0.478 e. The van der Waals surface area contributed by atoms with Gasteiger partial charge >= 0.3 is 11.9 Å². The second-order valence-electron chi connectivity index (χ2n) is 2.84. The zero-order chi connectivity index (χ0) is 12.3. The van der Waals surface area contributed by atoms with Gasteiger partial charge in [-0.2, -0.15) is 0 Å². The zero-order valence-corrected chi connectivity index (χ0v) is 11.8. The molecule has 0 radical (unpaired) electrons. The van der Waals surface area contributed by atoms with E-state index in [0.717, 1.165) is 25.1 Å². The minimum absolute atomic E-state index is 0. The molecule has 0 atom stereocenters. The minimum atomic E-state index is -1.40. The van der Waals surface area contributed by atoms with Crippen LogP contribution in [0.4, 0.5) is 5.69 Å². The summed E-state index contributed by atoms with van der Waals surface area (Å²) in [6.45, 7) is 1.10. The topological polar surface area (TPSA) is 107 Å². The number of hydrogen-bond donors (Lipinski definition) is 1. The van der Waals surface area contributed by atoms with Crippen molar-refractivity contribution in [2.75, 3.05) is 0 Å². The Morgan fingerprint density at radius 1 is 1.41 bits per heavy atom. The number of esters is 1. The Labute approximate surface area is 108 Å². The van der Waals surface area contributed by atoms with Crippen molar-refractivity contribution in [2.45, 2.75) is 6.92 Å². The second kappa shape index (κ2) is 6.05. The van der Waals surface area contributed by atoms with E-state index in [1.165, 1.54) is 0 Å². The molecular weight excluding hydrogens is 283 g/mol. The molecule has 0 saturated heterocycles. The summed E-state index contributed by atoms with van der Waals surface area (Å²) in [4.78, 5) is 31.1. The number of rotatable bonds is 3. The third kappa shape index (κ3) is 3.92. The second-order valence-corrected chi connectivity index (χ2v) is 2.84. The number of carbonyl (C=O) groups excluding carboxylic acids is 1. The van der Waals surface area contributed by atoms with E-state index in [1.54, 1.807) is 0 Å². The van der Waals surface area contributed by atoms with Crippen molar-refractivity contribution in [3.8, 4) is 5.75 Å². The molecule has 0 bridgehead atoms. The van der Waals surface area contributed by atoms with Gasteiger partial charge in [0.15, 0.2) is 0 Å². The number of carboxylic acid groups (broad SMARTS) is 1. The number of nitro groups is 1. The summed E-state index contributed by atoms with van der Waals surface area (Å²) in [6.07, 6.45) is 0. The molecule has 0 aliphatic heterocycles. The number of carboxylic acids is 1. The summed E-state index contributed by atoms with van der Waals surface area (Å²) in [5, 5.41) is 19.2. The molecule has 0 saturated carbocycles. The standard InChI is InChI=1S/C9H7NO6.Zn/c1-5(11)16-8-3-2-6(10(14)15)4-7(8)9(12)13;/h2-4H,1H3,(H,12,13);. The fourth-order valence-electron chi connectivity index (χ4n) is 1.04. The fourth-order valence-corrected chi connectivity index (χ4v) is 1.04. The number of aromatic carboxylic acids is 1. The van der Waals surface area contributed by atoms with Gasteiger partial charge in [-0.15, -0.1) is 0 Å². The molecule has 0 aliphatic carbocycles. The smallest absolute Gasteiger partial charge is 0.339 e. The van der Waals surface area contributed by atoms with Gasteiger partial charge in [-0.25, -0.2) is 4.79 Å². The van der Waals surface area contributed by atoms with Crippen LogP contribution in [0.15, 0.2) is 18.2 Å². The normalized spacial score (nSPS) is 9.00. The van der Waals surface area contributed by atoms with Crippen LogP contribution in [0.25, 0.3) is 0 Å². The Bertz CT molecular complexity index is 473. The van der Waals surface area contributed by atoms with Crippen LogP contribution < -0.4 is 4.74 Å². The molecule has 86 valence electrons. The molecule has 0 aromatic heterocycles. The van der Waals surface area contributed by atoms with E-state index < -0.39 is 22.4 Å². The number of benzene rings is 1. The molecule has 0 aliphatic rings. The van der Waals surface area contributed by atoms with Gasteiger partial charge < -0.3 is 9.84 Å². The summed E-state index contributed by atoms with van der Waals surface area (Å²) < 4.78 is 4.60. The van der Waals surface area contributed by atoms with Gasteiger partial charge in [-0.3, -0.25) is 14.9 Å². The van der Waals surface area contributed by atoms with Crippen molar-refractivity contribution >= 4 is 17.6 Å². The van der Waals surface area contributed by atoms with Crippen LogP contribution in [-0.2, 0) is 24.3 Å². The van der Waals surface area contributed by atoms with E-state index in [9.17, 15) is 19.7 Å². The van der Waals surface area contributed by atoms with Crippen molar-refractivity contribution in [1.82, 2.24) is 0 Å². The van der Waals surface area contributed by atoms with Gasteiger partial charge in [0.1, 0.15) is 11.3 Å². The fraction of sp³-hybridized carbons (Fsp3) is 0.111. The van der Waals surface area contributed by atoms with Gasteiger partial charge in [0.25, 0.3) is 5.69 Å². The molecule has 0 unspecified atom stereocenters. The molecule has 1 aromatic rings. The molecule has 1 N–H and O–H groups in total. The molecule has 0 heterocycles. The average Bonchev–Trinajstić information content (AvgIpc) is 2.16. The third-order valence-corrected chi connectivity index (χ3v) is 1.66. The molecule has 1 rings (SSSR count). The van der Waals surface area contributed by atoms with E-state index in [1.807, 2.05) is 0 Å². The Morgan fingerprint density at radius 3 is 2.41 bits per heavy atom. The van der Waals surface area contributed by atoms with Gasteiger partial charge in [0.2, 0.25) is 0 Å². The molecule has 1 aromatic carbocycles. The van der Waals surface area contributed by atoms with Crippen molar-refractivity contribution in [3.05, 3.63) is 33.9 Å². The summed E-state index contributed by atoms with van der Waals surface area (Å²) in [5.74, 6) is -2.32. The van der Waals surface area contributed by atoms with Gasteiger partial charge in [0, 0.05) is 38.5 Å². The van der Waals surface area contributed by atoms with E-state index in [4.69, 9.17) is 5.11 Å². The van der Waals surface area contributed by atoms with E-state index in [2.05, 4.69) is 4.74 Å². The first-order valence-corrected chi connectivity index (χ1v) is 4.12. The number of nitro benzene ring substituents is 1. The van der Waals surface area contributed by atoms with Gasteiger partial charge in [-0.1, -0.05) is 0 Å². The van der Waals surface area contributed by atoms with E-state index in [-0.39, 0.29) is 30.9 Å². The molecule has 8 heteroatoms. The number of ether oxygens (including phenoxy) is 1. The Hall–Kier alpha value is -1.82. The maximum absolute atomic E-state index is 10.8. The van der Waals surface area contributed by atoms with Crippen LogP contribution in [0.5, 0.6) is 5.75 Å². The number of hydrogen-bond acceptors (Lipinski definition) is 5. The quantitative estimate of drug-likeness (QED) is 0.295. The maximum atomic E-state index is 10.8. The Kier molecular flexibility index (Phi) is 5.40. The molecular formula is C9H7NO6Zn. The first-order chi connectivity index (χ1) is 7.41. The predicted molar refractivity (Wildman–Crippen MR) is 51.4 cm³/mol. The number of non-ortho nitro benzene ring substituents is 1. The molecule has 0 fully saturated rings. The van der Waals surface area contributed by atoms with Gasteiger partial charge in [0.05, 0.1) is 4.92 Å². The minimum Gasteiger partial charge on any atom is -0.478 e. The monoisotopic (exact) mass is 289 g/mol. The Balaban J connectivity index is 0.00000256. The molecule has 17 heavy (non-hydrogen) atoms. The summed E-state index contributed by atoms with van der Waals surface area (Å²) >= 11 is 0. The van der Waals surface area contributed by atoms with Crippen LogP contribution in [0.3, 0.4) is 0 Å². The number of nitrogens with zero attached hydrogens (tertiary/aromatic N) is 1. The molecule has 0 spiro atoms. The predicted octanol–water partition coefficient (Wildman–Crippen LogP) is 1.22.